The first kappa shape index (κ1) is 23.5. The van der Waals surface area contributed by atoms with Gasteiger partial charge in [-0.15, -0.1) is 0 Å². The summed E-state index contributed by atoms with van der Waals surface area (Å²) in [5, 5.41) is 7.57. The third-order valence-corrected chi connectivity index (χ3v) is 0. The Morgan fingerprint density at radius 3 is 1.62 bits per heavy atom. The van der Waals surface area contributed by atoms with Gasteiger partial charge in [0.05, 0.1) is 0 Å². The minimum absolute atomic E-state index is 0. The van der Waals surface area contributed by atoms with Gasteiger partial charge >= 0.3 is 29.6 Å². The minimum Gasteiger partial charge on any atom is -0.870 e. The Kier molecular flexibility index (Phi) is 144. The van der Waals surface area contributed by atoms with E-state index in [9.17, 15) is 0 Å². The molecule has 4 heteroatoms. The van der Waals surface area contributed by atoms with E-state index in [1.54, 1.807) is 6.92 Å². The number of aliphatic hydroxyl groups excluding tert-OH is 1. The first-order chi connectivity index (χ1) is 2.83. The van der Waals surface area contributed by atoms with Gasteiger partial charge in [0, 0.05) is 6.61 Å². The van der Waals surface area contributed by atoms with E-state index in [1.807, 2.05) is 0 Å². The number of rotatable bonds is 0. The van der Waals surface area contributed by atoms with Crippen LogP contribution in [0.25, 0.3) is 0 Å². The quantitative estimate of drug-likeness (QED) is 0.281. The molecule has 0 saturated heterocycles. The summed E-state index contributed by atoms with van der Waals surface area (Å²) >= 11 is 0. The molecule has 0 radical (unpaired) electrons. The molecule has 0 aromatic heterocycles. The van der Waals surface area contributed by atoms with Gasteiger partial charge in [0.25, 0.3) is 0 Å². The molecule has 0 aromatic carbocycles. The Morgan fingerprint density at radius 1 is 1.62 bits per heavy atom. The van der Waals surface area contributed by atoms with Crippen LogP contribution in [0.3, 0.4) is 0 Å². The summed E-state index contributed by atoms with van der Waals surface area (Å²) in [5.74, 6) is 0. The Hall–Kier alpha value is 0.590. The summed E-state index contributed by atoms with van der Waals surface area (Å²) in [5.41, 5.74) is 0. The largest absolute Gasteiger partial charge is 1.00 e. The summed E-state index contributed by atoms with van der Waals surface area (Å²) in [6, 6.07) is 0. The molecule has 0 aromatic rings. The van der Waals surface area contributed by atoms with Crippen molar-refractivity contribution in [2.24, 2.45) is 0 Å². The summed E-state index contributed by atoms with van der Waals surface area (Å²) < 4.78 is 0. The van der Waals surface area contributed by atoms with E-state index in [2.05, 4.69) is 0 Å². The second-order valence-electron chi connectivity index (χ2n) is 0.552. The van der Waals surface area contributed by atoms with Crippen molar-refractivity contribution in [2.75, 3.05) is 6.61 Å². The van der Waals surface area contributed by atoms with Gasteiger partial charge < -0.3 is 15.4 Å². The van der Waals surface area contributed by atoms with Crippen LogP contribution < -0.4 is 29.6 Å². The van der Waals surface area contributed by atoms with E-state index in [1.165, 1.54) is 6.92 Å². The van der Waals surface area contributed by atoms with Gasteiger partial charge in [-0.05, 0) is 13.8 Å². The molecule has 0 fully saturated rings. The Balaban J connectivity index is -0.0000000160. The maximum absolute atomic E-state index is 8.81. The molecule has 3 nitrogen and oxygen atoms in total. The molecule has 0 rings (SSSR count). The van der Waals surface area contributed by atoms with Crippen LogP contribution in [0.1, 0.15) is 13.8 Å². The average molecular weight is 130 g/mol. The summed E-state index contributed by atoms with van der Waals surface area (Å²) in [4.78, 5) is 8.81. The zero-order chi connectivity index (χ0) is 5.41. The van der Waals surface area contributed by atoms with E-state index < -0.39 is 0 Å². The Labute approximate surface area is 71.7 Å². The van der Waals surface area contributed by atoms with Gasteiger partial charge in [-0.1, -0.05) is 0 Å². The maximum atomic E-state index is 8.81. The molecule has 0 amide bonds. The van der Waals surface area contributed by atoms with E-state index in [0.717, 1.165) is 6.29 Å². The predicted molar refractivity (Wildman–Crippen MR) is 26.4 cm³/mol. The van der Waals surface area contributed by atoms with Crippen LogP contribution in [0, 0.1) is 0 Å². The molecular weight excluding hydrogens is 119 g/mol. The molecule has 0 bridgehead atoms. The molecule has 2 N–H and O–H groups in total. The van der Waals surface area contributed by atoms with E-state index in [4.69, 9.17) is 9.90 Å². The molecule has 0 saturated carbocycles. The van der Waals surface area contributed by atoms with Crippen molar-refractivity contribution >= 4 is 6.29 Å². The second-order valence-corrected chi connectivity index (χ2v) is 0.552. The maximum Gasteiger partial charge on any atom is 1.00 e. The van der Waals surface area contributed by atoms with Crippen LogP contribution in [-0.4, -0.2) is 23.5 Å². The average Bonchev–Trinajstić information content (AvgIpc) is 1.39. The smallest absolute Gasteiger partial charge is 0.870 e. The summed E-state index contributed by atoms with van der Waals surface area (Å²) in [7, 11) is 0. The van der Waals surface area contributed by atoms with E-state index >= 15 is 0 Å². The molecule has 0 aliphatic heterocycles. The number of aldehydes is 1. The standard InChI is InChI=1S/C2H6O.C2H4O.Na.H2O/c2*1-2-3;;/h3H,2H2,1H3;2H,1H3;;1H2/q;;+1;/p-1. The van der Waals surface area contributed by atoms with Crippen molar-refractivity contribution in [3.8, 4) is 0 Å². The first-order valence-corrected chi connectivity index (χ1v) is 1.84. The first-order valence-electron chi connectivity index (χ1n) is 1.84. The number of aliphatic hydroxyl groups is 1. The summed E-state index contributed by atoms with van der Waals surface area (Å²) in [6.07, 6.45) is 0.750. The van der Waals surface area contributed by atoms with Crippen LogP contribution in [0.4, 0.5) is 0 Å². The fourth-order valence-corrected chi connectivity index (χ4v) is 0. The van der Waals surface area contributed by atoms with Crippen molar-refractivity contribution in [1.29, 1.82) is 0 Å². The molecule has 0 unspecified atom stereocenters. The van der Waals surface area contributed by atoms with E-state index in [0.29, 0.717) is 0 Å². The third-order valence-electron chi connectivity index (χ3n) is 0. The second kappa shape index (κ2) is 49.1. The molecular formula is C4H11NaO3. The van der Waals surface area contributed by atoms with Gasteiger partial charge in [0.2, 0.25) is 0 Å². The van der Waals surface area contributed by atoms with Gasteiger partial charge in [-0.3, -0.25) is 0 Å². The number of hydrogen-bond acceptors (Lipinski definition) is 3. The SMILES string of the molecule is CC=O.CCO.[Na+].[OH-]. The minimum atomic E-state index is 0. The van der Waals surface area contributed by atoms with Crippen molar-refractivity contribution in [1.82, 2.24) is 0 Å². The van der Waals surface area contributed by atoms with Gasteiger partial charge in [0.1, 0.15) is 6.29 Å². The third kappa shape index (κ3) is 592. The topological polar surface area (TPSA) is 67.3 Å². The zero-order valence-corrected chi connectivity index (χ0v) is 7.59. The molecule has 0 aliphatic carbocycles. The Morgan fingerprint density at radius 2 is 1.62 bits per heavy atom. The van der Waals surface area contributed by atoms with Crippen LogP contribution in [-0.2, 0) is 4.79 Å². The molecule has 46 valence electrons. The normalized spacial score (nSPS) is 3.88. The van der Waals surface area contributed by atoms with Crippen molar-refractivity contribution in [2.45, 2.75) is 13.8 Å². The number of carbonyl (C=O) groups is 1. The van der Waals surface area contributed by atoms with Gasteiger partial charge in [-0.25, -0.2) is 0 Å². The fraction of sp³-hybridized carbons (Fsp3) is 0.750. The number of carbonyl (C=O) groups excluding carboxylic acids is 1. The monoisotopic (exact) mass is 130 g/mol. The van der Waals surface area contributed by atoms with Gasteiger partial charge in [0.15, 0.2) is 0 Å². The zero-order valence-electron chi connectivity index (χ0n) is 5.59. The molecule has 8 heavy (non-hydrogen) atoms. The molecule has 0 atom stereocenters. The predicted octanol–water partition coefficient (Wildman–Crippen LogP) is -2.97. The van der Waals surface area contributed by atoms with Crippen LogP contribution in [0.5, 0.6) is 0 Å². The van der Waals surface area contributed by atoms with Gasteiger partial charge in [-0.2, -0.15) is 0 Å². The van der Waals surface area contributed by atoms with Crippen LogP contribution in [0.2, 0.25) is 0 Å². The molecule has 0 heterocycles. The number of hydrogen-bond donors (Lipinski definition) is 1. The fourth-order valence-electron chi connectivity index (χ4n) is 0. The van der Waals surface area contributed by atoms with Crippen molar-refractivity contribution in [3.63, 3.8) is 0 Å². The van der Waals surface area contributed by atoms with Crippen molar-refractivity contribution < 1.29 is 44.9 Å². The summed E-state index contributed by atoms with van der Waals surface area (Å²) in [6.45, 7) is 3.38. The van der Waals surface area contributed by atoms with E-state index in [-0.39, 0.29) is 41.6 Å². The molecule has 0 aliphatic rings. The van der Waals surface area contributed by atoms with Crippen LogP contribution >= 0.6 is 0 Å². The van der Waals surface area contributed by atoms with Crippen LogP contribution in [0.15, 0.2) is 0 Å². The molecule has 0 spiro atoms. The Bertz CT molecular complexity index is 25.2. The van der Waals surface area contributed by atoms with Crippen molar-refractivity contribution in [3.05, 3.63) is 0 Å².